The maximum Gasteiger partial charge on any atom is 0.414 e. The molecule has 1 aromatic carbocycles. The third kappa shape index (κ3) is 5.01. The Balaban J connectivity index is 1.50. The van der Waals surface area contributed by atoms with Crippen LogP contribution in [0.2, 0.25) is 0 Å². The standard InChI is InChI=1S/C27H34F3N5O2/c1-17(20-14-25(36)31-15-20)37-23-12-19(11-22-21(23)16-34(4)32-22)18-5-6-26(2,24(13-18)27(28,29)30)35-9-7-33(3)8-10-35/h5,11-13,16-17,20H,6-10,14-15H2,1-4H3,(H,31,36)/t17-,20-,26?/m1/s1. The minimum atomic E-state index is -4.46. The van der Waals surface area contributed by atoms with E-state index in [2.05, 4.69) is 15.3 Å². The zero-order chi connectivity index (χ0) is 26.5. The normalized spacial score (nSPS) is 26.7. The highest BCUT2D eigenvalue weighted by atomic mass is 19.4. The second kappa shape index (κ2) is 9.47. The lowest BCUT2D eigenvalue weighted by Gasteiger charge is -2.48. The first kappa shape index (κ1) is 25.8. The van der Waals surface area contributed by atoms with Crippen molar-refractivity contribution in [3.05, 3.63) is 41.6 Å². The molecule has 0 saturated carbocycles. The predicted molar refractivity (Wildman–Crippen MR) is 136 cm³/mol. The minimum absolute atomic E-state index is 0.00121. The van der Waals surface area contributed by atoms with Crippen molar-refractivity contribution >= 4 is 22.4 Å². The van der Waals surface area contributed by atoms with Gasteiger partial charge in [-0.05, 0) is 56.7 Å². The molecule has 2 aromatic rings. The summed E-state index contributed by atoms with van der Waals surface area (Å²) in [5, 5.41) is 8.13. The molecule has 3 heterocycles. The number of benzene rings is 1. The van der Waals surface area contributed by atoms with E-state index >= 15 is 0 Å². The van der Waals surface area contributed by atoms with Crippen molar-refractivity contribution in [2.45, 2.75) is 44.5 Å². The largest absolute Gasteiger partial charge is 0.490 e. The van der Waals surface area contributed by atoms with Crippen LogP contribution >= 0.6 is 0 Å². The van der Waals surface area contributed by atoms with Crippen molar-refractivity contribution in [1.29, 1.82) is 0 Å². The van der Waals surface area contributed by atoms with Crippen molar-refractivity contribution in [2.75, 3.05) is 39.8 Å². The van der Waals surface area contributed by atoms with Crippen LogP contribution in [-0.4, -0.2) is 83.1 Å². The van der Waals surface area contributed by atoms with Gasteiger partial charge in [-0.25, -0.2) is 0 Å². The topological polar surface area (TPSA) is 62.6 Å². The number of amides is 1. The number of nitrogens with one attached hydrogen (secondary N) is 1. The average Bonchev–Trinajstić information content (AvgIpc) is 3.44. The van der Waals surface area contributed by atoms with E-state index in [9.17, 15) is 18.0 Å². The molecule has 0 spiro atoms. The van der Waals surface area contributed by atoms with E-state index < -0.39 is 17.3 Å². The Morgan fingerprint density at radius 1 is 1.19 bits per heavy atom. The molecule has 3 atom stereocenters. The molecular formula is C27H34F3N5O2. The van der Waals surface area contributed by atoms with E-state index in [1.165, 1.54) is 6.08 Å². The van der Waals surface area contributed by atoms with Gasteiger partial charge in [-0.15, -0.1) is 0 Å². The SMILES string of the molecule is C[C@@H](Oc1cc(C2=CCC(C)(N3CCN(C)CC3)C(C(F)(F)F)=C2)cc2nn(C)cc12)[C@H]1CNC(=O)C1. The van der Waals surface area contributed by atoms with Crippen LogP contribution in [0.15, 0.2) is 36.1 Å². The highest BCUT2D eigenvalue weighted by Crippen LogP contribution is 2.45. The highest BCUT2D eigenvalue weighted by molar-refractivity contribution is 5.91. The zero-order valence-corrected chi connectivity index (χ0v) is 21.7. The van der Waals surface area contributed by atoms with E-state index in [0.717, 1.165) is 18.5 Å². The van der Waals surface area contributed by atoms with Crippen LogP contribution in [0.3, 0.4) is 0 Å². The Kier molecular flexibility index (Phi) is 6.60. The lowest BCUT2D eigenvalue weighted by Crippen LogP contribution is -2.58. The third-order valence-corrected chi connectivity index (χ3v) is 8.13. The van der Waals surface area contributed by atoms with Gasteiger partial charge in [-0.1, -0.05) is 6.08 Å². The molecule has 7 nitrogen and oxygen atoms in total. The summed E-state index contributed by atoms with van der Waals surface area (Å²) in [6.07, 6.45) is 1.01. The Morgan fingerprint density at radius 2 is 1.92 bits per heavy atom. The summed E-state index contributed by atoms with van der Waals surface area (Å²) in [5.41, 5.74) is 0.166. The number of carbonyl (C=O) groups excluding carboxylic acids is 1. The highest BCUT2D eigenvalue weighted by Gasteiger charge is 2.49. The summed E-state index contributed by atoms with van der Waals surface area (Å²) in [6, 6.07) is 3.63. The quantitative estimate of drug-likeness (QED) is 0.655. The van der Waals surface area contributed by atoms with Crippen LogP contribution in [0.25, 0.3) is 16.5 Å². The molecule has 0 bridgehead atoms. The van der Waals surface area contributed by atoms with Crippen LogP contribution in [-0.2, 0) is 11.8 Å². The Hall–Kier alpha value is -2.85. The van der Waals surface area contributed by atoms with Gasteiger partial charge in [0.25, 0.3) is 0 Å². The number of alkyl halides is 3. The minimum Gasteiger partial charge on any atom is -0.490 e. The maximum absolute atomic E-state index is 14.5. The first-order chi connectivity index (χ1) is 17.4. The summed E-state index contributed by atoms with van der Waals surface area (Å²) in [6.45, 7) is 6.85. The van der Waals surface area contributed by atoms with E-state index in [1.807, 2.05) is 37.2 Å². The van der Waals surface area contributed by atoms with E-state index in [1.54, 1.807) is 24.7 Å². The molecule has 5 rings (SSSR count). The van der Waals surface area contributed by atoms with Crippen LogP contribution in [0.1, 0.15) is 32.3 Å². The van der Waals surface area contributed by atoms with Gasteiger partial charge in [0.1, 0.15) is 11.9 Å². The second-order valence-corrected chi connectivity index (χ2v) is 10.8. The number of aromatic nitrogens is 2. The molecule has 1 amide bonds. The summed E-state index contributed by atoms with van der Waals surface area (Å²) >= 11 is 0. The number of allylic oxidation sites excluding steroid dienone is 2. The number of aryl methyl sites for hydroxylation is 1. The zero-order valence-electron chi connectivity index (χ0n) is 21.7. The molecule has 10 heteroatoms. The summed E-state index contributed by atoms with van der Waals surface area (Å²) in [7, 11) is 3.80. The number of nitrogens with zero attached hydrogens (tertiary/aromatic N) is 4. The van der Waals surface area contributed by atoms with Gasteiger partial charge in [0.05, 0.1) is 22.0 Å². The van der Waals surface area contributed by atoms with Crippen molar-refractivity contribution in [3.63, 3.8) is 0 Å². The van der Waals surface area contributed by atoms with E-state index in [4.69, 9.17) is 4.74 Å². The van der Waals surface area contributed by atoms with Crippen molar-refractivity contribution < 1.29 is 22.7 Å². The van der Waals surface area contributed by atoms with Crippen molar-refractivity contribution in [2.24, 2.45) is 13.0 Å². The first-order valence-corrected chi connectivity index (χ1v) is 12.8. The molecule has 1 unspecified atom stereocenters. The molecule has 1 aromatic heterocycles. The molecular weight excluding hydrogens is 483 g/mol. The molecule has 200 valence electrons. The summed E-state index contributed by atoms with van der Waals surface area (Å²) in [4.78, 5) is 15.8. The van der Waals surface area contributed by atoms with Crippen LogP contribution in [0, 0.1) is 5.92 Å². The van der Waals surface area contributed by atoms with E-state index in [0.29, 0.717) is 48.5 Å². The second-order valence-electron chi connectivity index (χ2n) is 10.8. The average molecular weight is 518 g/mol. The molecule has 2 aliphatic heterocycles. The van der Waals surface area contributed by atoms with Gasteiger partial charge >= 0.3 is 6.18 Å². The molecule has 0 radical (unpaired) electrons. The fraction of sp³-hybridized carbons (Fsp3) is 0.556. The van der Waals surface area contributed by atoms with Gasteiger partial charge in [0.15, 0.2) is 0 Å². The number of hydrogen-bond acceptors (Lipinski definition) is 5. The van der Waals surface area contributed by atoms with Gasteiger partial charge in [0.2, 0.25) is 5.91 Å². The number of rotatable bonds is 5. The monoisotopic (exact) mass is 517 g/mol. The predicted octanol–water partition coefficient (Wildman–Crippen LogP) is 3.76. The van der Waals surface area contributed by atoms with Crippen LogP contribution < -0.4 is 10.1 Å². The Labute approximate surface area is 214 Å². The van der Waals surface area contributed by atoms with Crippen LogP contribution in [0.4, 0.5) is 13.2 Å². The lowest BCUT2D eigenvalue weighted by atomic mass is 9.78. The van der Waals surface area contributed by atoms with Gasteiger partial charge < -0.3 is 15.0 Å². The van der Waals surface area contributed by atoms with Gasteiger partial charge in [0, 0.05) is 58.3 Å². The molecule has 37 heavy (non-hydrogen) atoms. The van der Waals surface area contributed by atoms with Crippen molar-refractivity contribution in [1.82, 2.24) is 24.9 Å². The molecule has 2 fully saturated rings. The van der Waals surface area contributed by atoms with Gasteiger partial charge in [-0.3, -0.25) is 14.4 Å². The number of likely N-dealkylation sites (N-methyl/N-ethyl adjacent to an activating group) is 1. The number of ether oxygens (including phenoxy) is 1. The number of piperazine rings is 1. The Bertz CT molecular complexity index is 1260. The molecule has 2 saturated heterocycles. The molecule has 1 aliphatic carbocycles. The third-order valence-electron chi connectivity index (χ3n) is 8.13. The lowest BCUT2D eigenvalue weighted by molar-refractivity contribution is -0.119. The number of fused-ring (bicyclic) bond motifs is 1. The fourth-order valence-electron chi connectivity index (χ4n) is 5.71. The Morgan fingerprint density at radius 3 is 2.57 bits per heavy atom. The van der Waals surface area contributed by atoms with Crippen LogP contribution in [0.5, 0.6) is 5.75 Å². The molecule has 3 aliphatic rings. The van der Waals surface area contributed by atoms with E-state index in [-0.39, 0.29) is 24.3 Å². The molecule has 1 N–H and O–H groups in total. The van der Waals surface area contributed by atoms with Crippen molar-refractivity contribution in [3.8, 4) is 5.75 Å². The smallest absolute Gasteiger partial charge is 0.414 e. The number of halogens is 3. The van der Waals surface area contributed by atoms with Gasteiger partial charge in [-0.2, -0.15) is 18.3 Å². The summed E-state index contributed by atoms with van der Waals surface area (Å²) in [5.74, 6) is 0.585. The number of hydrogen-bond donors (Lipinski definition) is 1. The fourth-order valence-corrected chi connectivity index (χ4v) is 5.71. The first-order valence-electron chi connectivity index (χ1n) is 12.8. The summed E-state index contributed by atoms with van der Waals surface area (Å²) < 4.78 is 51.4. The maximum atomic E-state index is 14.5. The number of carbonyl (C=O) groups is 1.